The molecule has 2 aliphatic rings. The highest BCUT2D eigenvalue weighted by Gasteiger charge is 2.49. The molecule has 45 heavy (non-hydrogen) atoms. The number of pyridine rings is 2. The Morgan fingerprint density at radius 2 is 1.93 bits per heavy atom. The summed E-state index contributed by atoms with van der Waals surface area (Å²) in [6, 6.07) is 13.3. The molecule has 1 atom stereocenters. The number of hydrogen-bond donors (Lipinski definition) is 2. The second-order valence-corrected chi connectivity index (χ2v) is 12.0. The minimum absolute atomic E-state index is 0.0327. The average Bonchev–Trinajstić information content (AvgIpc) is 3.66. The number of rotatable bonds is 12. The summed E-state index contributed by atoms with van der Waals surface area (Å²) < 4.78 is 11.5. The van der Waals surface area contributed by atoms with Crippen LogP contribution in [0.25, 0.3) is 22.2 Å². The normalized spacial score (nSPS) is 19.7. The van der Waals surface area contributed by atoms with Crippen LogP contribution in [0.3, 0.4) is 0 Å². The molecule has 1 fully saturated rings. The molecule has 0 unspecified atom stereocenters. The van der Waals surface area contributed by atoms with Crippen LogP contribution in [0.4, 0.5) is 0 Å². The van der Waals surface area contributed by atoms with Gasteiger partial charge in [-0.3, -0.25) is 9.59 Å². The van der Waals surface area contributed by atoms with Gasteiger partial charge in [0.2, 0.25) is 11.8 Å². The fraction of sp³-hybridized carbons (Fsp3) is 0.429. The van der Waals surface area contributed by atoms with Crippen molar-refractivity contribution in [2.75, 3.05) is 7.11 Å². The van der Waals surface area contributed by atoms with Crippen LogP contribution in [-0.2, 0) is 19.9 Å². The summed E-state index contributed by atoms with van der Waals surface area (Å²) in [4.78, 5) is 55.0. The number of ketones is 1. The molecule has 0 saturated heterocycles. The van der Waals surface area contributed by atoms with Gasteiger partial charge < -0.3 is 19.8 Å². The molecular formula is C35H39N5O5. The Labute approximate surface area is 262 Å². The molecule has 234 valence electrons. The minimum atomic E-state index is -0.699. The number of ether oxygens (including phenoxy) is 2. The fourth-order valence-electron chi connectivity index (χ4n) is 6.62. The minimum Gasteiger partial charge on any atom is -0.480 e. The first-order valence-corrected chi connectivity index (χ1v) is 15.9. The molecule has 1 spiro atoms. The number of esters is 1. The van der Waals surface area contributed by atoms with Crippen LogP contribution in [0.1, 0.15) is 99.1 Å². The van der Waals surface area contributed by atoms with Gasteiger partial charge in [0.15, 0.2) is 5.69 Å². The molecule has 10 nitrogen and oxygen atoms in total. The highest BCUT2D eigenvalue weighted by molar-refractivity contribution is 5.92. The van der Waals surface area contributed by atoms with Gasteiger partial charge in [0.05, 0.1) is 36.1 Å². The summed E-state index contributed by atoms with van der Waals surface area (Å²) in [5.74, 6) is 0.797. The molecule has 1 saturated carbocycles. The Hall–Kier alpha value is -4.60. The maximum absolute atomic E-state index is 13.7. The van der Waals surface area contributed by atoms with Crippen molar-refractivity contribution in [3.05, 3.63) is 71.9 Å². The monoisotopic (exact) mass is 609 g/mol. The molecule has 1 aliphatic carbocycles. The van der Waals surface area contributed by atoms with Gasteiger partial charge in [0.25, 0.3) is 0 Å². The molecule has 2 N–H and O–H groups in total. The molecule has 3 aromatic heterocycles. The molecule has 0 bridgehead atoms. The lowest BCUT2D eigenvalue weighted by atomic mass is 9.75. The molecule has 10 heteroatoms. The third kappa shape index (κ3) is 6.32. The van der Waals surface area contributed by atoms with Crippen molar-refractivity contribution >= 4 is 28.6 Å². The Kier molecular flexibility index (Phi) is 8.91. The van der Waals surface area contributed by atoms with Crippen LogP contribution >= 0.6 is 0 Å². The lowest BCUT2D eigenvalue weighted by molar-refractivity contribution is -0.129. The molecule has 6 rings (SSSR count). The Morgan fingerprint density at radius 1 is 1.11 bits per heavy atom. The molecule has 1 amide bonds. The summed E-state index contributed by atoms with van der Waals surface area (Å²) in [5.41, 5.74) is 2.89. The molecule has 4 heterocycles. The number of carbonyl (C=O) groups is 3. The van der Waals surface area contributed by atoms with E-state index in [1.165, 1.54) is 0 Å². The van der Waals surface area contributed by atoms with Crippen molar-refractivity contribution in [2.45, 2.75) is 82.8 Å². The number of nitrogens with one attached hydrogen (secondary N) is 2. The van der Waals surface area contributed by atoms with E-state index in [1.807, 2.05) is 49.4 Å². The Balaban J connectivity index is 1.17. The molecule has 1 aromatic carbocycles. The standard InChI is InChI=1S/C35H39N5O5/c1-3-24(41)11-5-4-6-14-28(31-37-21-29(38-31)25-20-23-10-7-8-13-27(23)40-33(25)44-2)39-32(42)22-15-17-35(18-16-22)26-12-9-19-36-30(26)34(43)45-35/h7-10,12-13,19-22,28H,3-6,11,14-18H2,1-2H3,(H,37,38)(H,39,42)/t22?,28-,35?/m0/s1. The lowest BCUT2D eigenvalue weighted by Gasteiger charge is -2.36. The van der Waals surface area contributed by atoms with Crippen molar-refractivity contribution in [2.24, 2.45) is 5.92 Å². The van der Waals surface area contributed by atoms with Crippen molar-refractivity contribution < 1.29 is 23.9 Å². The highest BCUT2D eigenvalue weighted by Crippen LogP contribution is 2.47. The smallest absolute Gasteiger partial charge is 0.358 e. The first kappa shape index (κ1) is 30.4. The van der Waals surface area contributed by atoms with Gasteiger partial charge >= 0.3 is 5.97 Å². The van der Waals surface area contributed by atoms with Crippen molar-refractivity contribution in [1.82, 2.24) is 25.3 Å². The third-order valence-electron chi connectivity index (χ3n) is 9.20. The van der Waals surface area contributed by atoms with E-state index < -0.39 is 5.60 Å². The van der Waals surface area contributed by atoms with Crippen LogP contribution < -0.4 is 10.1 Å². The van der Waals surface area contributed by atoms with E-state index in [4.69, 9.17) is 14.5 Å². The number of carbonyl (C=O) groups excluding carboxylic acids is 3. The van der Waals surface area contributed by atoms with Crippen molar-refractivity contribution in [3.8, 4) is 17.1 Å². The summed E-state index contributed by atoms with van der Waals surface area (Å²) in [6.07, 6.45) is 10.1. The Bertz CT molecular complexity index is 1710. The number of aromatic amines is 1. The summed E-state index contributed by atoms with van der Waals surface area (Å²) in [6.45, 7) is 1.89. The van der Waals surface area contributed by atoms with E-state index in [9.17, 15) is 14.4 Å². The molecule has 1 aliphatic heterocycles. The van der Waals surface area contributed by atoms with E-state index >= 15 is 0 Å². The number of amides is 1. The van der Waals surface area contributed by atoms with Crippen LogP contribution in [-0.4, -0.2) is 44.7 Å². The predicted octanol–water partition coefficient (Wildman–Crippen LogP) is 6.37. The largest absolute Gasteiger partial charge is 0.480 e. The number of imidazole rings is 1. The number of Topliss-reactive ketones (excluding diaryl/α,β-unsaturated/α-hetero) is 1. The van der Waals surface area contributed by atoms with Gasteiger partial charge in [-0.2, -0.15) is 0 Å². The van der Waals surface area contributed by atoms with Crippen molar-refractivity contribution in [3.63, 3.8) is 0 Å². The predicted molar refractivity (Wildman–Crippen MR) is 168 cm³/mol. The molecular weight excluding hydrogens is 570 g/mol. The van der Waals surface area contributed by atoms with Crippen LogP contribution in [0, 0.1) is 5.92 Å². The first-order valence-electron chi connectivity index (χ1n) is 15.9. The van der Waals surface area contributed by atoms with Gasteiger partial charge in [0, 0.05) is 35.9 Å². The lowest BCUT2D eigenvalue weighted by Crippen LogP contribution is -2.40. The quantitative estimate of drug-likeness (QED) is 0.140. The average molecular weight is 610 g/mol. The van der Waals surface area contributed by atoms with Gasteiger partial charge in [0.1, 0.15) is 17.2 Å². The molecule has 4 aromatic rings. The fourth-order valence-corrected chi connectivity index (χ4v) is 6.62. The van der Waals surface area contributed by atoms with Gasteiger partial charge in [-0.15, -0.1) is 0 Å². The SMILES string of the molecule is CCC(=O)CCCCC[C@H](NC(=O)C1CCC2(CC1)OC(=O)c1ncccc12)c1ncc(-c2cc3ccccc3nc2OC)[nH]1. The zero-order valence-corrected chi connectivity index (χ0v) is 25.8. The van der Waals surface area contributed by atoms with E-state index in [0.717, 1.165) is 47.0 Å². The Morgan fingerprint density at radius 3 is 2.73 bits per heavy atom. The molecule has 0 radical (unpaired) electrons. The third-order valence-corrected chi connectivity index (χ3v) is 9.20. The second-order valence-electron chi connectivity index (χ2n) is 12.0. The maximum atomic E-state index is 13.7. The summed E-state index contributed by atoms with van der Waals surface area (Å²) in [7, 11) is 1.60. The summed E-state index contributed by atoms with van der Waals surface area (Å²) >= 11 is 0. The zero-order valence-electron chi connectivity index (χ0n) is 25.8. The van der Waals surface area contributed by atoms with E-state index in [0.29, 0.717) is 62.3 Å². The van der Waals surface area contributed by atoms with Crippen LogP contribution in [0.2, 0.25) is 0 Å². The van der Waals surface area contributed by atoms with Crippen molar-refractivity contribution in [1.29, 1.82) is 0 Å². The van der Waals surface area contributed by atoms with Crippen LogP contribution in [0.5, 0.6) is 5.88 Å². The number of unbranched alkanes of at least 4 members (excludes halogenated alkanes) is 2. The number of hydrogen-bond acceptors (Lipinski definition) is 8. The highest BCUT2D eigenvalue weighted by atomic mass is 16.6. The number of methoxy groups -OCH3 is 1. The van der Waals surface area contributed by atoms with Gasteiger partial charge in [-0.05, 0) is 56.7 Å². The van der Waals surface area contributed by atoms with E-state index in [2.05, 4.69) is 20.3 Å². The summed E-state index contributed by atoms with van der Waals surface area (Å²) in [5, 5.41) is 4.26. The topological polar surface area (TPSA) is 136 Å². The maximum Gasteiger partial charge on any atom is 0.358 e. The zero-order chi connectivity index (χ0) is 31.4. The van der Waals surface area contributed by atoms with Gasteiger partial charge in [-0.1, -0.05) is 44.0 Å². The van der Waals surface area contributed by atoms with E-state index in [1.54, 1.807) is 19.5 Å². The number of nitrogens with zero attached hydrogens (tertiary/aromatic N) is 3. The van der Waals surface area contributed by atoms with Gasteiger partial charge in [-0.25, -0.2) is 19.7 Å². The van der Waals surface area contributed by atoms with E-state index in [-0.39, 0.29) is 29.6 Å². The second kappa shape index (κ2) is 13.2. The number of fused-ring (bicyclic) bond motifs is 3. The number of benzene rings is 1. The number of aromatic nitrogens is 4. The first-order chi connectivity index (χ1) is 21.9. The van der Waals surface area contributed by atoms with Crippen LogP contribution in [0.15, 0.2) is 54.9 Å². The number of para-hydroxylation sites is 1. The number of H-pyrrole nitrogens is 1.